The number of unbranched alkanes of at least 4 members (excludes halogenated alkanes) is 8. The van der Waals surface area contributed by atoms with Gasteiger partial charge in [-0.15, -0.1) is 0 Å². The second-order valence-electron chi connectivity index (χ2n) is 6.80. The maximum Gasteiger partial charge on any atom is 0.305 e. The van der Waals surface area contributed by atoms with Crippen molar-refractivity contribution in [2.24, 2.45) is 0 Å². The third-order valence-electron chi connectivity index (χ3n) is 3.84. The van der Waals surface area contributed by atoms with Crippen molar-refractivity contribution in [1.29, 1.82) is 0 Å². The van der Waals surface area contributed by atoms with Gasteiger partial charge in [0.2, 0.25) is 0 Å². The predicted octanol–water partition coefficient (Wildman–Crippen LogP) is 4.15. The van der Waals surface area contributed by atoms with Crippen LogP contribution in [0.3, 0.4) is 0 Å². The average Bonchev–Trinajstić information content (AvgIpc) is 2.65. The summed E-state index contributed by atoms with van der Waals surface area (Å²) in [5, 5.41) is 16.0. The van der Waals surface area contributed by atoms with Crippen molar-refractivity contribution < 1.29 is 29.3 Å². The molecule has 0 fully saturated rings. The maximum absolute atomic E-state index is 11.4. The summed E-state index contributed by atoms with van der Waals surface area (Å²) in [7, 11) is 0. The van der Waals surface area contributed by atoms with Crippen molar-refractivity contribution in [2.75, 3.05) is 19.8 Å². The Kier molecular flexibility index (Phi) is 23.8. The van der Waals surface area contributed by atoms with Gasteiger partial charge >= 0.3 is 11.9 Å². The molecule has 0 aliphatic carbocycles. The molecule has 0 aromatic rings. The van der Waals surface area contributed by atoms with Gasteiger partial charge in [0.1, 0.15) is 13.2 Å². The van der Waals surface area contributed by atoms with E-state index in [1.54, 1.807) is 0 Å². The lowest BCUT2D eigenvalue weighted by Crippen LogP contribution is -2.13. The first-order valence-electron chi connectivity index (χ1n) is 10.6. The number of hydrogen-bond donors (Lipinski definition) is 2. The SMILES string of the molecule is CC(O)CO.CCCCCCCC(=O)OCCOC(=O)CCCCCCC. The molecule has 6 nitrogen and oxygen atoms in total. The Morgan fingerprint density at radius 2 is 1.07 bits per heavy atom. The monoisotopic (exact) mass is 390 g/mol. The molecule has 6 heteroatoms. The summed E-state index contributed by atoms with van der Waals surface area (Å²) in [4.78, 5) is 22.9. The fraction of sp³-hybridized carbons (Fsp3) is 0.905. The maximum atomic E-state index is 11.4. The fourth-order valence-corrected chi connectivity index (χ4v) is 2.20. The normalized spacial score (nSPS) is 11.3. The summed E-state index contributed by atoms with van der Waals surface area (Å²) in [5.41, 5.74) is 0. The molecule has 0 aliphatic heterocycles. The van der Waals surface area contributed by atoms with Crippen molar-refractivity contribution in [3.63, 3.8) is 0 Å². The lowest BCUT2D eigenvalue weighted by Gasteiger charge is -2.06. The van der Waals surface area contributed by atoms with Crippen LogP contribution in [0.5, 0.6) is 0 Å². The fourth-order valence-electron chi connectivity index (χ4n) is 2.20. The first kappa shape index (κ1) is 28.1. The van der Waals surface area contributed by atoms with Gasteiger partial charge in [-0.05, 0) is 19.8 Å². The van der Waals surface area contributed by atoms with E-state index in [-0.39, 0.29) is 31.8 Å². The van der Waals surface area contributed by atoms with E-state index in [4.69, 9.17) is 19.7 Å². The quantitative estimate of drug-likeness (QED) is 0.304. The molecule has 0 bridgehead atoms. The van der Waals surface area contributed by atoms with Crippen LogP contribution in [0.2, 0.25) is 0 Å². The van der Waals surface area contributed by atoms with Crippen LogP contribution >= 0.6 is 0 Å². The lowest BCUT2D eigenvalue weighted by molar-refractivity contribution is -0.152. The molecular formula is C21H42O6. The zero-order valence-corrected chi connectivity index (χ0v) is 17.7. The largest absolute Gasteiger partial charge is 0.462 e. The highest BCUT2D eigenvalue weighted by Gasteiger charge is 2.05. The summed E-state index contributed by atoms with van der Waals surface area (Å²) >= 11 is 0. The molecule has 0 aromatic carbocycles. The molecule has 27 heavy (non-hydrogen) atoms. The Morgan fingerprint density at radius 1 is 0.741 bits per heavy atom. The van der Waals surface area contributed by atoms with Crippen LogP contribution in [0.15, 0.2) is 0 Å². The van der Waals surface area contributed by atoms with Crippen molar-refractivity contribution in [3.05, 3.63) is 0 Å². The topological polar surface area (TPSA) is 93.1 Å². The molecule has 0 saturated carbocycles. The third kappa shape index (κ3) is 27.2. The first-order chi connectivity index (χ1) is 13.0. The van der Waals surface area contributed by atoms with Crippen molar-refractivity contribution in [2.45, 2.75) is 104 Å². The second kappa shape index (κ2) is 22.9. The number of ether oxygens (including phenoxy) is 2. The number of aliphatic hydroxyl groups excluding tert-OH is 2. The van der Waals surface area contributed by atoms with Gasteiger partial charge in [-0.25, -0.2) is 0 Å². The molecule has 162 valence electrons. The highest BCUT2D eigenvalue weighted by Crippen LogP contribution is 2.07. The highest BCUT2D eigenvalue weighted by atomic mass is 16.6. The zero-order chi connectivity index (χ0) is 20.8. The summed E-state index contributed by atoms with van der Waals surface area (Å²) < 4.78 is 10.1. The average molecular weight is 391 g/mol. The van der Waals surface area contributed by atoms with Crippen LogP contribution in [0.4, 0.5) is 0 Å². The molecule has 0 heterocycles. The molecule has 0 aliphatic rings. The summed E-state index contributed by atoms with van der Waals surface area (Å²) in [6.07, 6.45) is 11.5. The van der Waals surface area contributed by atoms with Gasteiger partial charge in [0, 0.05) is 12.8 Å². The van der Waals surface area contributed by atoms with Crippen LogP contribution in [0, 0.1) is 0 Å². The number of aliphatic hydroxyl groups is 2. The van der Waals surface area contributed by atoms with E-state index in [0.29, 0.717) is 12.8 Å². The van der Waals surface area contributed by atoms with Crippen LogP contribution < -0.4 is 0 Å². The Labute approximate surface area is 165 Å². The van der Waals surface area contributed by atoms with Gasteiger partial charge in [-0.2, -0.15) is 0 Å². The van der Waals surface area contributed by atoms with E-state index in [2.05, 4.69) is 13.8 Å². The smallest absolute Gasteiger partial charge is 0.305 e. The number of carbonyl (C=O) groups excluding carboxylic acids is 2. The minimum atomic E-state index is -0.560. The Bertz CT molecular complexity index is 303. The Hall–Kier alpha value is -1.14. The molecular weight excluding hydrogens is 348 g/mol. The number of rotatable bonds is 16. The number of carbonyl (C=O) groups is 2. The standard InChI is InChI=1S/C18H34O4.C3H8O2/c1-3-5-7-9-11-13-17(19)21-15-16-22-18(20)14-12-10-8-6-4-2;1-3(5)2-4/h3-16H2,1-2H3;3-5H,2H2,1H3. The van der Waals surface area contributed by atoms with Crippen molar-refractivity contribution >= 4 is 11.9 Å². The van der Waals surface area contributed by atoms with E-state index in [9.17, 15) is 9.59 Å². The Morgan fingerprint density at radius 3 is 1.37 bits per heavy atom. The first-order valence-corrected chi connectivity index (χ1v) is 10.6. The number of hydrogen-bond acceptors (Lipinski definition) is 6. The molecule has 0 spiro atoms. The molecule has 1 atom stereocenters. The molecule has 0 radical (unpaired) electrons. The van der Waals surface area contributed by atoms with Gasteiger partial charge < -0.3 is 19.7 Å². The third-order valence-corrected chi connectivity index (χ3v) is 3.84. The van der Waals surface area contributed by atoms with Crippen LogP contribution in [0.1, 0.15) is 97.8 Å². The number of esters is 2. The van der Waals surface area contributed by atoms with E-state index < -0.39 is 6.10 Å². The second-order valence-corrected chi connectivity index (χ2v) is 6.80. The van der Waals surface area contributed by atoms with Crippen LogP contribution in [-0.2, 0) is 19.1 Å². The summed E-state index contributed by atoms with van der Waals surface area (Å²) in [6, 6.07) is 0. The molecule has 0 rings (SSSR count). The van der Waals surface area contributed by atoms with Crippen LogP contribution in [-0.4, -0.2) is 48.1 Å². The van der Waals surface area contributed by atoms with Gasteiger partial charge in [0.25, 0.3) is 0 Å². The van der Waals surface area contributed by atoms with Crippen LogP contribution in [0.25, 0.3) is 0 Å². The van der Waals surface area contributed by atoms with Gasteiger partial charge in [0.05, 0.1) is 12.7 Å². The van der Waals surface area contributed by atoms with Gasteiger partial charge in [-0.1, -0.05) is 65.2 Å². The van der Waals surface area contributed by atoms with E-state index in [1.807, 2.05) is 0 Å². The molecule has 0 amide bonds. The predicted molar refractivity (Wildman–Crippen MR) is 107 cm³/mol. The molecule has 1 unspecified atom stereocenters. The molecule has 0 aromatic heterocycles. The zero-order valence-electron chi connectivity index (χ0n) is 17.7. The minimum Gasteiger partial charge on any atom is -0.462 e. The highest BCUT2D eigenvalue weighted by molar-refractivity contribution is 5.70. The lowest BCUT2D eigenvalue weighted by atomic mass is 10.1. The molecule has 2 N–H and O–H groups in total. The van der Waals surface area contributed by atoms with E-state index in [0.717, 1.165) is 25.7 Å². The van der Waals surface area contributed by atoms with Gasteiger partial charge in [-0.3, -0.25) is 9.59 Å². The summed E-state index contributed by atoms with van der Waals surface area (Å²) in [5.74, 6) is -0.376. The van der Waals surface area contributed by atoms with Crippen molar-refractivity contribution in [1.82, 2.24) is 0 Å². The van der Waals surface area contributed by atoms with E-state index in [1.165, 1.54) is 45.4 Å². The van der Waals surface area contributed by atoms with Crippen molar-refractivity contribution in [3.8, 4) is 0 Å². The minimum absolute atomic E-state index is 0.139. The van der Waals surface area contributed by atoms with E-state index >= 15 is 0 Å². The summed E-state index contributed by atoms with van der Waals surface area (Å²) in [6.45, 7) is 6.08. The van der Waals surface area contributed by atoms with Gasteiger partial charge in [0.15, 0.2) is 0 Å². The molecule has 0 saturated heterocycles. The Balaban J connectivity index is 0.